The Morgan fingerprint density at radius 3 is 2.67 bits per heavy atom. The molecule has 0 aromatic carbocycles. The maximum absolute atomic E-state index is 9.34. The van der Waals surface area contributed by atoms with Crippen molar-refractivity contribution in [3.8, 4) is 0 Å². The number of ether oxygens (including phenoxy) is 1. The van der Waals surface area contributed by atoms with Gasteiger partial charge in [-0.05, 0) is 0 Å². The summed E-state index contributed by atoms with van der Waals surface area (Å²) in [4.78, 5) is 9.34. The van der Waals surface area contributed by atoms with Gasteiger partial charge in [0.15, 0.2) is 6.73 Å². The summed E-state index contributed by atoms with van der Waals surface area (Å²) in [6, 6.07) is 0. The number of hydrogen-bond acceptors (Lipinski definition) is 2. The lowest BCUT2D eigenvalue weighted by Crippen LogP contribution is -2.06. The fourth-order valence-electron chi connectivity index (χ4n) is 0.0958. The van der Waals surface area contributed by atoms with E-state index in [1.54, 1.807) is 0 Å². The first-order valence-corrected chi connectivity index (χ1v) is 1.46. The van der Waals surface area contributed by atoms with E-state index in [9.17, 15) is 4.79 Å². The van der Waals surface area contributed by atoms with Crippen LogP contribution in [0.1, 0.15) is 0 Å². The van der Waals surface area contributed by atoms with Crippen molar-refractivity contribution in [3.05, 3.63) is 6.73 Å². The van der Waals surface area contributed by atoms with Gasteiger partial charge in [-0.2, -0.15) is 0 Å². The quantitative estimate of drug-likeness (QED) is 0.373. The minimum absolute atomic E-state index is 0.531. The molecule has 1 N–H and O–H groups in total. The Hall–Kier alpha value is -0.570. The number of rotatable bonds is 3. The van der Waals surface area contributed by atoms with E-state index in [1.165, 1.54) is 13.8 Å². The molecular formula is C3H6NO2. The largest absolute Gasteiger partial charge is 0.357 e. The predicted octanol–water partition coefficient (Wildman–Crippen LogP) is -0.502. The molecule has 0 aromatic heterocycles. The lowest BCUT2D eigenvalue weighted by Gasteiger charge is -1.87. The van der Waals surface area contributed by atoms with Crippen LogP contribution in [-0.4, -0.2) is 13.5 Å². The third kappa shape index (κ3) is 3.43. The summed E-state index contributed by atoms with van der Waals surface area (Å²) in [6.45, 7) is 1.19. The maximum Gasteiger partial charge on any atom is 0.209 e. The molecule has 0 heterocycles. The van der Waals surface area contributed by atoms with Gasteiger partial charge >= 0.3 is 0 Å². The van der Waals surface area contributed by atoms with Crippen LogP contribution in [0.15, 0.2) is 0 Å². The Morgan fingerprint density at radius 1 is 1.83 bits per heavy atom. The van der Waals surface area contributed by atoms with Gasteiger partial charge in [0.25, 0.3) is 0 Å². The normalized spacial score (nSPS) is 7.50. The van der Waals surface area contributed by atoms with E-state index in [0.29, 0.717) is 6.41 Å². The van der Waals surface area contributed by atoms with Crippen LogP contribution in [0.3, 0.4) is 0 Å². The van der Waals surface area contributed by atoms with Crippen LogP contribution < -0.4 is 5.32 Å². The number of methoxy groups -OCH3 is 1. The summed E-state index contributed by atoms with van der Waals surface area (Å²) in [6.07, 6.45) is 0.531. The average molecular weight is 88.1 g/mol. The molecule has 0 aliphatic heterocycles. The van der Waals surface area contributed by atoms with Gasteiger partial charge in [0.1, 0.15) is 0 Å². The van der Waals surface area contributed by atoms with Crippen molar-refractivity contribution in [2.45, 2.75) is 0 Å². The monoisotopic (exact) mass is 88.0 g/mol. The van der Waals surface area contributed by atoms with E-state index in [1.807, 2.05) is 0 Å². The summed E-state index contributed by atoms with van der Waals surface area (Å²) >= 11 is 0. The zero-order valence-electron chi connectivity index (χ0n) is 3.47. The molecule has 0 saturated carbocycles. The van der Waals surface area contributed by atoms with E-state index >= 15 is 0 Å². The number of nitrogens with one attached hydrogen (secondary N) is 1. The second-order valence-corrected chi connectivity index (χ2v) is 0.638. The first kappa shape index (κ1) is 5.43. The van der Waals surface area contributed by atoms with E-state index < -0.39 is 0 Å². The Labute approximate surface area is 36.3 Å². The first-order chi connectivity index (χ1) is 2.91. The second-order valence-electron chi connectivity index (χ2n) is 0.638. The van der Waals surface area contributed by atoms with E-state index in [4.69, 9.17) is 0 Å². The summed E-state index contributed by atoms with van der Waals surface area (Å²) < 4.78 is 4.31. The Bertz CT molecular complexity index is 37.8. The highest BCUT2D eigenvalue weighted by Gasteiger charge is 1.70. The molecule has 0 saturated heterocycles. The van der Waals surface area contributed by atoms with Crippen molar-refractivity contribution in [2.75, 3.05) is 7.11 Å². The van der Waals surface area contributed by atoms with Gasteiger partial charge in [0, 0.05) is 7.11 Å². The van der Waals surface area contributed by atoms with Crippen LogP contribution in [0, 0.1) is 6.73 Å². The standard InChI is InChI=1S/C3H6NO2/c1-6-3-4-2-5/h2-3H,1H3,(H,4,5). The van der Waals surface area contributed by atoms with Crippen molar-refractivity contribution in [1.82, 2.24) is 5.32 Å². The number of carbonyl (C=O) groups is 1. The summed E-state index contributed by atoms with van der Waals surface area (Å²) in [7, 11) is 1.45. The number of carbonyl (C=O) groups excluding carboxylic acids is 1. The maximum atomic E-state index is 9.34. The molecule has 0 bridgehead atoms. The highest BCUT2D eigenvalue weighted by molar-refractivity contribution is 5.46. The van der Waals surface area contributed by atoms with Gasteiger partial charge in [-0.25, -0.2) is 0 Å². The van der Waals surface area contributed by atoms with Crippen molar-refractivity contribution in [3.63, 3.8) is 0 Å². The Morgan fingerprint density at radius 2 is 2.50 bits per heavy atom. The van der Waals surface area contributed by atoms with Crippen molar-refractivity contribution < 1.29 is 9.53 Å². The summed E-state index contributed by atoms with van der Waals surface area (Å²) in [5, 5.41) is 2.17. The lowest BCUT2D eigenvalue weighted by molar-refractivity contribution is -0.109. The van der Waals surface area contributed by atoms with E-state index in [2.05, 4.69) is 10.1 Å². The molecule has 3 nitrogen and oxygen atoms in total. The molecule has 1 radical (unpaired) electrons. The minimum Gasteiger partial charge on any atom is -0.357 e. The summed E-state index contributed by atoms with van der Waals surface area (Å²) in [5.41, 5.74) is 0. The molecule has 0 aliphatic carbocycles. The summed E-state index contributed by atoms with van der Waals surface area (Å²) in [5.74, 6) is 0. The molecule has 0 fully saturated rings. The first-order valence-electron chi connectivity index (χ1n) is 1.46. The zero-order valence-corrected chi connectivity index (χ0v) is 3.47. The minimum atomic E-state index is 0.531. The smallest absolute Gasteiger partial charge is 0.209 e. The van der Waals surface area contributed by atoms with Gasteiger partial charge in [0.2, 0.25) is 6.41 Å². The average Bonchev–Trinajstić information content (AvgIpc) is 1.61. The fourth-order valence-corrected chi connectivity index (χ4v) is 0.0958. The van der Waals surface area contributed by atoms with Gasteiger partial charge < -0.3 is 10.1 Å². The van der Waals surface area contributed by atoms with Crippen LogP contribution in [0.5, 0.6) is 0 Å². The van der Waals surface area contributed by atoms with Crippen LogP contribution in [0.2, 0.25) is 0 Å². The molecule has 3 heteroatoms. The van der Waals surface area contributed by atoms with Gasteiger partial charge in [-0.3, -0.25) is 4.79 Å². The highest BCUT2D eigenvalue weighted by atomic mass is 16.5. The van der Waals surface area contributed by atoms with Gasteiger partial charge in [-0.1, -0.05) is 0 Å². The SMILES string of the molecule is CO[CH]NC=O. The highest BCUT2D eigenvalue weighted by Crippen LogP contribution is 1.59. The molecule has 35 valence electrons. The molecule has 0 unspecified atom stereocenters. The number of amides is 1. The third-order valence-corrected chi connectivity index (χ3v) is 0.254. The Balaban J connectivity index is 2.49. The van der Waals surface area contributed by atoms with Crippen LogP contribution >= 0.6 is 0 Å². The molecule has 0 aliphatic rings. The molecule has 0 aromatic rings. The van der Waals surface area contributed by atoms with Gasteiger partial charge in [0.05, 0.1) is 0 Å². The topological polar surface area (TPSA) is 38.3 Å². The third-order valence-electron chi connectivity index (χ3n) is 0.254. The lowest BCUT2D eigenvalue weighted by atomic mass is 11.1. The van der Waals surface area contributed by atoms with Crippen LogP contribution in [0.25, 0.3) is 0 Å². The molecule has 6 heavy (non-hydrogen) atoms. The molecule has 0 atom stereocenters. The number of hydrogen-bond donors (Lipinski definition) is 1. The molecule has 0 rings (SSSR count). The van der Waals surface area contributed by atoms with Crippen molar-refractivity contribution >= 4 is 6.41 Å². The molecular weight excluding hydrogens is 82.0 g/mol. The zero-order chi connectivity index (χ0) is 4.83. The molecule has 0 spiro atoms. The second kappa shape index (κ2) is 4.43. The van der Waals surface area contributed by atoms with Crippen LogP contribution in [0.4, 0.5) is 0 Å². The predicted molar refractivity (Wildman–Crippen MR) is 20.5 cm³/mol. The molecule has 1 amide bonds. The van der Waals surface area contributed by atoms with Gasteiger partial charge in [-0.15, -0.1) is 0 Å². The Kier molecular flexibility index (Phi) is 4.01. The van der Waals surface area contributed by atoms with E-state index in [-0.39, 0.29) is 0 Å². The van der Waals surface area contributed by atoms with Crippen LogP contribution in [-0.2, 0) is 9.53 Å². The fraction of sp³-hybridized carbons (Fsp3) is 0.333. The van der Waals surface area contributed by atoms with E-state index in [0.717, 1.165) is 0 Å². The van der Waals surface area contributed by atoms with Crippen molar-refractivity contribution in [2.24, 2.45) is 0 Å². The van der Waals surface area contributed by atoms with Crippen molar-refractivity contribution in [1.29, 1.82) is 0 Å².